The summed E-state index contributed by atoms with van der Waals surface area (Å²) < 4.78 is 0. The summed E-state index contributed by atoms with van der Waals surface area (Å²) in [4.78, 5) is 27.6. The highest BCUT2D eigenvalue weighted by Crippen LogP contribution is 2.31. The van der Waals surface area contributed by atoms with Crippen LogP contribution in [-0.2, 0) is 4.79 Å². The normalized spacial score (nSPS) is 16.9. The van der Waals surface area contributed by atoms with Crippen LogP contribution >= 0.6 is 0 Å². The Bertz CT molecular complexity index is 710. The minimum absolute atomic E-state index is 0.0433. The molecular formula is C18H26N6O. The Labute approximate surface area is 148 Å². The molecule has 0 aliphatic carbocycles. The molecule has 3 heterocycles. The molecule has 1 aliphatic rings. The fraction of sp³-hybridized carbons (Fsp3) is 0.556. The highest BCUT2D eigenvalue weighted by atomic mass is 16.2. The zero-order valence-corrected chi connectivity index (χ0v) is 14.9. The lowest BCUT2D eigenvalue weighted by molar-refractivity contribution is -0.123. The third-order valence-electron chi connectivity index (χ3n) is 4.86. The Morgan fingerprint density at radius 2 is 2.00 bits per heavy atom. The number of fused-ring (bicyclic) bond motifs is 1. The van der Waals surface area contributed by atoms with Crippen LogP contribution in [0.5, 0.6) is 0 Å². The second kappa shape index (κ2) is 8.31. The molecule has 0 saturated carbocycles. The summed E-state index contributed by atoms with van der Waals surface area (Å²) in [6, 6.07) is 1.90. The summed E-state index contributed by atoms with van der Waals surface area (Å²) in [5, 5.41) is 6.65. The van der Waals surface area contributed by atoms with Gasteiger partial charge in [0.1, 0.15) is 5.52 Å². The maximum Gasteiger partial charge on any atom is 0.234 e. The van der Waals surface area contributed by atoms with Crippen LogP contribution in [0.2, 0.25) is 0 Å². The van der Waals surface area contributed by atoms with Crippen molar-refractivity contribution in [2.75, 3.05) is 33.2 Å². The summed E-state index contributed by atoms with van der Waals surface area (Å²) in [6.45, 7) is 5.23. The number of nitrogens with one attached hydrogen (secondary N) is 2. The molecule has 134 valence electrons. The van der Waals surface area contributed by atoms with Gasteiger partial charge in [0, 0.05) is 24.2 Å². The van der Waals surface area contributed by atoms with Gasteiger partial charge in [-0.05, 0) is 51.5 Å². The second-order valence-corrected chi connectivity index (χ2v) is 6.59. The van der Waals surface area contributed by atoms with E-state index in [0.29, 0.717) is 18.1 Å². The van der Waals surface area contributed by atoms with Crippen molar-refractivity contribution in [1.29, 1.82) is 0 Å². The molecule has 7 heteroatoms. The van der Waals surface area contributed by atoms with E-state index in [2.05, 4.69) is 25.6 Å². The first-order chi connectivity index (χ1) is 12.2. The first kappa shape index (κ1) is 17.7. The quantitative estimate of drug-likeness (QED) is 0.819. The maximum absolute atomic E-state index is 12.6. The number of piperidine rings is 1. The zero-order valence-electron chi connectivity index (χ0n) is 14.9. The van der Waals surface area contributed by atoms with Gasteiger partial charge in [-0.3, -0.25) is 14.7 Å². The van der Waals surface area contributed by atoms with Gasteiger partial charge in [0.2, 0.25) is 5.91 Å². The third-order valence-corrected chi connectivity index (χ3v) is 4.86. The number of carbonyl (C=O) groups is 1. The molecule has 7 nitrogen and oxygen atoms in total. The molecule has 1 fully saturated rings. The van der Waals surface area contributed by atoms with E-state index in [0.717, 1.165) is 43.6 Å². The molecule has 1 amide bonds. The van der Waals surface area contributed by atoms with Gasteiger partial charge in [-0.2, -0.15) is 0 Å². The summed E-state index contributed by atoms with van der Waals surface area (Å²) in [5.41, 5.74) is 2.41. The average Bonchev–Trinajstić information content (AvgIpc) is 2.66. The second-order valence-electron chi connectivity index (χ2n) is 6.59. The molecule has 1 saturated heterocycles. The van der Waals surface area contributed by atoms with Crippen molar-refractivity contribution in [1.82, 2.24) is 30.5 Å². The number of likely N-dealkylation sites (N-methyl/N-ethyl adjacent to an activating group) is 1. The summed E-state index contributed by atoms with van der Waals surface area (Å²) >= 11 is 0. The Balaban J connectivity index is 1.91. The van der Waals surface area contributed by atoms with Gasteiger partial charge < -0.3 is 10.6 Å². The van der Waals surface area contributed by atoms with Crippen molar-refractivity contribution in [3.8, 4) is 0 Å². The topological polar surface area (TPSA) is 83.0 Å². The minimum atomic E-state index is -0.0675. The number of amides is 1. The van der Waals surface area contributed by atoms with E-state index in [4.69, 9.17) is 0 Å². The Kier molecular flexibility index (Phi) is 5.88. The predicted molar refractivity (Wildman–Crippen MR) is 97.0 cm³/mol. The highest BCUT2D eigenvalue weighted by molar-refractivity contribution is 5.80. The highest BCUT2D eigenvalue weighted by Gasteiger charge is 2.28. The third kappa shape index (κ3) is 4.29. The van der Waals surface area contributed by atoms with Crippen LogP contribution in [0, 0.1) is 5.92 Å². The number of aromatic nitrogens is 3. The Hall–Kier alpha value is -2.12. The van der Waals surface area contributed by atoms with Crippen LogP contribution in [0.3, 0.4) is 0 Å². The lowest BCUT2D eigenvalue weighted by Crippen LogP contribution is -2.42. The number of carbonyl (C=O) groups excluding carboxylic acids is 1. The number of hydrogen-bond donors (Lipinski definition) is 2. The lowest BCUT2D eigenvalue weighted by atomic mass is 9.85. The van der Waals surface area contributed by atoms with Crippen molar-refractivity contribution in [3.05, 3.63) is 30.2 Å². The van der Waals surface area contributed by atoms with Gasteiger partial charge >= 0.3 is 0 Å². The largest absolute Gasteiger partial charge is 0.348 e. The molecule has 2 aromatic rings. The molecule has 0 spiro atoms. The van der Waals surface area contributed by atoms with E-state index in [1.165, 1.54) is 0 Å². The van der Waals surface area contributed by atoms with Crippen LogP contribution in [-0.4, -0.2) is 59.0 Å². The molecule has 3 rings (SSSR count). The van der Waals surface area contributed by atoms with E-state index < -0.39 is 0 Å². The molecule has 0 radical (unpaired) electrons. The van der Waals surface area contributed by atoms with E-state index in [1.807, 2.05) is 24.9 Å². The zero-order chi connectivity index (χ0) is 17.6. The number of pyridine rings is 1. The van der Waals surface area contributed by atoms with Crippen LogP contribution in [0.25, 0.3) is 11.2 Å². The fourth-order valence-electron chi connectivity index (χ4n) is 3.35. The van der Waals surface area contributed by atoms with Gasteiger partial charge in [-0.15, -0.1) is 0 Å². The maximum atomic E-state index is 12.6. The summed E-state index contributed by atoms with van der Waals surface area (Å²) in [5.74, 6) is 0.423. The van der Waals surface area contributed by atoms with Crippen LogP contribution in [0.4, 0.5) is 0 Å². The summed E-state index contributed by atoms with van der Waals surface area (Å²) in [7, 11) is 1.95. The van der Waals surface area contributed by atoms with Crippen molar-refractivity contribution < 1.29 is 4.79 Å². The van der Waals surface area contributed by atoms with Gasteiger partial charge in [-0.25, -0.2) is 9.97 Å². The monoisotopic (exact) mass is 342 g/mol. The lowest BCUT2D eigenvalue weighted by Gasteiger charge is -2.32. The number of rotatable bonds is 6. The van der Waals surface area contributed by atoms with Crippen LogP contribution in [0.1, 0.15) is 31.4 Å². The molecular weight excluding hydrogens is 316 g/mol. The molecule has 1 aliphatic heterocycles. The smallest absolute Gasteiger partial charge is 0.234 e. The average molecular weight is 342 g/mol. The van der Waals surface area contributed by atoms with E-state index in [1.54, 1.807) is 18.6 Å². The van der Waals surface area contributed by atoms with E-state index in [9.17, 15) is 4.79 Å². The minimum Gasteiger partial charge on any atom is -0.348 e. The van der Waals surface area contributed by atoms with Crippen molar-refractivity contribution in [2.24, 2.45) is 5.92 Å². The summed E-state index contributed by atoms with van der Waals surface area (Å²) in [6.07, 6.45) is 7.13. The van der Waals surface area contributed by atoms with E-state index >= 15 is 0 Å². The van der Waals surface area contributed by atoms with Gasteiger partial charge in [0.15, 0.2) is 5.65 Å². The van der Waals surface area contributed by atoms with Gasteiger partial charge in [-0.1, -0.05) is 6.92 Å². The first-order valence-corrected chi connectivity index (χ1v) is 8.93. The fourth-order valence-corrected chi connectivity index (χ4v) is 3.35. The Morgan fingerprint density at radius 3 is 2.76 bits per heavy atom. The van der Waals surface area contributed by atoms with Gasteiger partial charge in [0.05, 0.1) is 12.6 Å². The van der Waals surface area contributed by atoms with Crippen molar-refractivity contribution in [3.63, 3.8) is 0 Å². The molecule has 2 N–H and O–H groups in total. The van der Waals surface area contributed by atoms with E-state index in [-0.39, 0.29) is 11.9 Å². The molecule has 2 aromatic heterocycles. The molecule has 0 bridgehead atoms. The first-order valence-electron chi connectivity index (χ1n) is 8.93. The number of hydrogen-bond acceptors (Lipinski definition) is 6. The Morgan fingerprint density at radius 1 is 1.28 bits per heavy atom. The van der Waals surface area contributed by atoms with Crippen molar-refractivity contribution >= 4 is 17.1 Å². The number of nitrogens with zero attached hydrogens (tertiary/aromatic N) is 4. The molecule has 25 heavy (non-hydrogen) atoms. The van der Waals surface area contributed by atoms with Crippen LogP contribution in [0.15, 0.2) is 24.7 Å². The van der Waals surface area contributed by atoms with Crippen molar-refractivity contribution in [2.45, 2.75) is 25.8 Å². The van der Waals surface area contributed by atoms with Crippen LogP contribution < -0.4 is 10.6 Å². The molecule has 0 aromatic carbocycles. The standard InChI is InChI=1S/C18H26N6O/c1-3-24(2)12-15(25)23-16(13-4-7-19-8-5-13)14-6-9-21-18-17(14)20-10-11-22-18/h6,9-11,13,16,19H,3-5,7-8,12H2,1-2H3,(H,23,25). The van der Waals surface area contributed by atoms with Gasteiger partial charge in [0.25, 0.3) is 0 Å². The SMILES string of the molecule is CCN(C)CC(=O)NC(c1ccnc2nccnc12)C1CCNCC1. The molecule has 1 unspecified atom stereocenters. The molecule has 1 atom stereocenters. The predicted octanol–water partition coefficient (Wildman–Crippen LogP) is 1.13.